The lowest BCUT2D eigenvalue weighted by Crippen LogP contribution is -2.04. The van der Waals surface area contributed by atoms with E-state index in [1.807, 2.05) is 0 Å². The monoisotopic (exact) mass is 207 g/mol. The molecule has 0 heterocycles. The first-order chi connectivity index (χ1) is 7.38. The van der Waals surface area contributed by atoms with Gasteiger partial charge in [0.15, 0.2) is 0 Å². The maximum atomic E-state index is 5.01. The summed E-state index contributed by atoms with van der Waals surface area (Å²) in [5, 5.41) is 3.47. The first-order valence-corrected chi connectivity index (χ1v) is 5.69. The number of methoxy groups -OCH3 is 1. The van der Waals surface area contributed by atoms with Gasteiger partial charge in [-0.15, -0.1) is 0 Å². The van der Waals surface area contributed by atoms with Gasteiger partial charge in [0, 0.05) is 25.9 Å². The summed E-state index contributed by atoms with van der Waals surface area (Å²) in [7, 11) is 1.75. The number of hydrogen-bond acceptors (Lipinski definition) is 2. The van der Waals surface area contributed by atoms with Crippen LogP contribution in [0.5, 0.6) is 0 Å². The van der Waals surface area contributed by atoms with Crippen LogP contribution in [0.2, 0.25) is 0 Å². The largest absolute Gasteiger partial charge is 0.385 e. The van der Waals surface area contributed by atoms with Crippen LogP contribution < -0.4 is 5.32 Å². The zero-order valence-corrected chi connectivity index (χ0v) is 9.75. The fourth-order valence-corrected chi connectivity index (χ4v) is 1.60. The molecular formula is C13H21NO. The lowest BCUT2D eigenvalue weighted by atomic mass is 10.1. The highest BCUT2D eigenvalue weighted by Crippen LogP contribution is 2.15. The van der Waals surface area contributed by atoms with Gasteiger partial charge in [-0.3, -0.25) is 0 Å². The molecule has 1 N–H and O–H groups in total. The summed E-state index contributed by atoms with van der Waals surface area (Å²) in [5.41, 5.74) is 2.67. The van der Waals surface area contributed by atoms with E-state index < -0.39 is 0 Å². The van der Waals surface area contributed by atoms with E-state index in [0.29, 0.717) is 0 Å². The predicted octanol–water partition coefficient (Wildman–Crippen LogP) is 3.09. The van der Waals surface area contributed by atoms with Crippen LogP contribution in [0.15, 0.2) is 24.3 Å². The molecule has 0 unspecified atom stereocenters. The van der Waals surface area contributed by atoms with Crippen molar-refractivity contribution in [2.24, 2.45) is 0 Å². The summed E-state index contributed by atoms with van der Waals surface area (Å²) < 4.78 is 5.01. The summed E-state index contributed by atoms with van der Waals surface area (Å²) in [5.74, 6) is 0. The SMILES string of the molecule is CCc1ccccc1NCCCCOC. The second kappa shape index (κ2) is 7.30. The van der Waals surface area contributed by atoms with E-state index in [1.165, 1.54) is 11.3 Å². The zero-order valence-electron chi connectivity index (χ0n) is 9.75. The minimum Gasteiger partial charge on any atom is -0.385 e. The highest BCUT2D eigenvalue weighted by atomic mass is 16.5. The quantitative estimate of drug-likeness (QED) is 0.694. The van der Waals surface area contributed by atoms with Crippen molar-refractivity contribution in [3.05, 3.63) is 29.8 Å². The van der Waals surface area contributed by atoms with Crippen molar-refractivity contribution >= 4 is 5.69 Å². The molecule has 0 atom stereocenters. The van der Waals surface area contributed by atoms with E-state index in [-0.39, 0.29) is 0 Å². The first-order valence-electron chi connectivity index (χ1n) is 5.69. The van der Waals surface area contributed by atoms with Gasteiger partial charge in [-0.2, -0.15) is 0 Å². The standard InChI is InChI=1S/C13H21NO/c1-3-12-8-4-5-9-13(12)14-10-6-7-11-15-2/h4-5,8-9,14H,3,6-7,10-11H2,1-2H3. The summed E-state index contributed by atoms with van der Waals surface area (Å²) >= 11 is 0. The van der Waals surface area contributed by atoms with Crippen LogP contribution in [0.3, 0.4) is 0 Å². The Morgan fingerprint density at radius 2 is 2.00 bits per heavy atom. The number of nitrogens with one attached hydrogen (secondary N) is 1. The van der Waals surface area contributed by atoms with Gasteiger partial charge in [0.25, 0.3) is 0 Å². The molecule has 0 spiro atoms. The summed E-state index contributed by atoms with van der Waals surface area (Å²) in [6.07, 6.45) is 3.37. The van der Waals surface area contributed by atoms with Crippen molar-refractivity contribution in [2.75, 3.05) is 25.6 Å². The maximum Gasteiger partial charge on any atom is 0.0462 e. The summed E-state index contributed by atoms with van der Waals surface area (Å²) in [4.78, 5) is 0. The molecule has 1 rings (SSSR count). The van der Waals surface area contributed by atoms with E-state index >= 15 is 0 Å². The van der Waals surface area contributed by atoms with Gasteiger partial charge < -0.3 is 10.1 Å². The Bertz CT molecular complexity index is 273. The molecule has 0 amide bonds. The summed E-state index contributed by atoms with van der Waals surface area (Å²) in [6.45, 7) is 4.07. The van der Waals surface area contributed by atoms with Gasteiger partial charge in [0.05, 0.1) is 0 Å². The van der Waals surface area contributed by atoms with Gasteiger partial charge in [0.1, 0.15) is 0 Å². The van der Waals surface area contributed by atoms with Crippen molar-refractivity contribution in [3.63, 3.8) is 0 Å². The van der Waals surface area contributed by atoms with Crippen molar-refractivity contribution in [2.45, 2.75) is 26.2 Å². The Hall–Kier alpha value is -1.02. The average Bonchev–Trinajstić information content (AvgIpc) is 2.29. The molecule has 0 bridgehead atoms. The Morgan fingerprint density at radius 3 is 2.73 bits per heavy atom. The Balaban J connectivity index is 2.30. The van der Waals surface area contributed by atoms with Crippen molar-refractivity contribution in [1.29, 1.82) is 0 Å². The molecule has 0 saturated heterocycles. The number of rotatable bonds is 7. The summed E-state index contributed by atoms with van der Waals surface area (Å²) in [6, 6.07) is 8.50. The fourth-order valence-electron chi connectivity index (χ4n) is 1.60. The van der Waals surface area contributed by atoms with Crippen LogP contribution >= 0.6 is 0 Å². The van der Waals surface area contributed by atoms with Crippen LogP contribution in [0.1, 0.15) is 25.3 Å². The smallest absolute Gasteiger partial charge is 0.0462 e. The molecule has 0 fully saturated rings. The molecule has 0 radical (unpaired) electrons. The molecule has 0 aliphatic carbocycles. The minimum atomic E-state index is 0.858. The highest BCUT2D eigenvalue weighted by Gasteiger charge is 1.97. The van der Waals surface area contributed by atoms with E-state index in [1.54, 1.807) is 7.11 Å². The maximum absolute atomic E-state index is 5.01. The third-order valence-electron chi connectivity index (χ3n) is 2.49. The van der Waals surface area contributed by atoms with Crippen LogP contribution in [-0.2, 0) is 11.2 Å². The first kappa shape index (κ1) is 12.1. The molecule has 0 aliphatic heterocycles. The second-order valence-corrected chi connectivity index (χ2v) is 3.64. The van der Waals surface area contributed by atoms with Gasteiger partial charge in [-0.1, -0.05) is 25.1 Å². The molecule has 0 saturated carbocycles. The number of hydrogen-bond donors (Lipinski definition) is 1. The van der Waals surface area contributed by atoms with Crippen molar-refractivity contribution in [1.82, 2.24) is 0 Å². The van der Waals surface area contributed by atoms with E-state index in [4.69, 9.17) is 4.74 Å². The van der Waals surface area contributed by atoms with E-state index in [2.05, 4.69) is 36.5 Å². The van der Waals surface area contributed by atoms with Gasteiger partial charge >= 0.3 is 0 Å². The van der Waals surface area contributed by atoms with Gasteiger partial charge in [-0.25, -0.2) is 0 Å². The molecule has 2 nitrogen and oxygen atoms in total. The number of ether oxygens (including phenoxy) is 1. The zero-order chi connectivity index (χ0) is 10.9. The number of anilines is 1. The lowest BCUT2D eigenvalue weighted by molar-refractivity contribution is 0.194. The van der Waals surface area contributed by atoms with E-state index in [9.17, 15) is 0 Å². The molecule has 2 heteroatoms. The lowest BCUT2D eigenvalue weighted by Gasteiger charge is -2.10. The van der Waals surface area contributed by atoms with Crippen molar-refractivity contribution in [3.8, 4) is 0 Å². The van der Waals surface area contributed by atoms with Crippen molar-refractivity contribution < 1.29 is 4.74 Å². The van der Waals surface area contributed by atoms with Crippen LogP contribution in [0.25, 0.3) is 0 Å². The highest BCUT2D eigenvalue weighted by molar-refractivity contribution is 5.50. The molecule has 1 aromatic carbocycles. The topological polar surface area (TPSA) is 21.3 Å². The van der Waals surface area contributed by atoms with Gasteiger partial charge in [0.2, 0.25) is 0 Å². The molecular weight excluding hydrogens is 186 g/mol. The van der Waals surface area contributed by atoms with Crippen LogP contribution in [-0.4, -0.2) is 20.3 Å². The fraction of sp³-hybridized carbons (Fsp3) is 0.538. The molecule has 1 aromatic rings. The Labute approximate surface area is 92.6 Å². The predicted molar refractivity (Wildman–Crippen MR) is 65.4 cm³/mol. The number of para-hydroxylation sites is 1. The van der Waals surface area contributed by atoms with E-state index in [0.717, 1.165) is 32.4 Å². The average molecular weight is 207 g/mol. The molecule has 0 aromatic heterocycles. The third kappa shape index (κ3) is 4.34. The Kier molecular flexibility index (Phi) is 5.86. The van der Waals surface area contributed by atoms with Gasteiger partial charge in [-0.05, 0) is 30.9 Å². The van der Waals surface area contributed by atoms with Crippen LogP contribution in [0, 0.1) is 0 Å². The minimum absolute atomic E-state index is 0.858. The Morgan fingerprint density at radius 1 is 1.20 bits per heavy atom. The third-order valence-corrected chi connectivity index (χ3v) is 2.49. The molecule has 15 heavy (non-hydrogen) atoms. The number of aryl methyl sites for hydroxylation is 1. The number of benzene rings is 1. The normalized spacial score (nSPS) is 10.3. The number of unbranched alkanes of at least 4 members (excludes halogenated alkanes) is 1. The second-order valence-electron chi connectivity index (χ2n) is 3.64. The van der Waals surface area contributed by atoms with Crippen LogP contribution in [0.4, 0.5) is 5.69 Å². The molecule has 84 valence electrons. The molecule has 0 aliphatic rings.